The molecule has 17 aromatic carbocycles. The Morgan fingerprint density at radius 3 is 0.991 bits per heavy atom. The molecule has 5 aromatic heterocycles. The number of hydrogen-bond acceptors (Lipinski definition) is 8. The Kier molecular flexibility index (Phi) is 15.4. The number of furan rings is 1. The molecule has 2 aliphatic rings. The SMILES string of the molecule is O=c1oc2ccccc2c2ccc(-c3ccc(-c4ccc5sc6ccccc6c5c4)cc3)cc12.O=c1oc2ccccc2c2ccc(-c3ccc(-c4cccc5c4oc4ccccc45)cc3)cc12.O=c1oc2ccccc2c2ccc(-c3cccc(-c4ccc5c(c4)C4(c6ccccc6-c6ccccc64)c4ccccc4-5)c3)cc12. The molecule has 0 fully saturated rings. The minimum atomic E-state index is -0.373. The molecule has 0 saturated heterocycles. The van der Waals surface area contributed by atoms with E-state index in [4.69, 9.17) is 17.7 Å². The second-order valence-corrected chi connectivity index (χ2v) is 30.5. The Labute approximate surface area is 656 Å². The second-order valence-electron chi connectivity index (χ2n) is 29.4. The van der Waals surface area contributed by atoms with Crippen molar-refractivity contribution in [2.24, 2.45) is 0 Å². The highest BCUT2D eigenvalue weighted by Gasteiger charge is 2.51. The summed E-state index contributed by atoms with van der Waals surface area (Å²) in [6.45, 7) is 0. The molecule has 0 saturated carbocycles. The van der Waals surface area contributed by atoms with E-state index in [0.717, 1.165) is 104 Å². The van der Waals surface area contributed by atoms with Crippen LogP contribution in [0.3, 0.4) is 0 Å². The van der Waals surface area contributed by atoms with Gasteiger partial charge in [-0.05, 0) is 195 Å². The molecule has 5 heterocycles. The number of para-hydroxylation sites is 5. The normalized spacial score (nSPS) is 12.4. The molecule has 0 amide bonds. The number of thiophene rings is 1. The molecule has 0 unspecified atom stereocenters. The fraction of sp³-hybridized carbons (Fsp3) is 0.00943. The molecule has 114 heavy (non-hydrogen) atoms. The summed E-state index contributed by atoms with van der Waals surface area (Å²) in [4.78, 5) is 38.3. The molecule has 534 valence electrons. The predicted molar refractivity (Wildman–Crippen MR) is 469 cm³/mol. The minimum Gasteiger partial charge on any atom is -0.455 e. The lowest BCUT2D eigenvalue weighted by Crippen LogP contribution is -2.25. The zero-order chi connectivity index (χ0) is 75.7. The predicted octanol–water partition coefficient (Wildman–Crippen LogP) is 27.5. The van der Waals surface area contributed by atoms with E-state index in [1.807, 2.05) is 139 Å². The standard InChI is InChI=1S/C44H26O2.C31H18O3.C31H18O2S/c45-43-37-25-29(20-22-31(37)36-15-4-8-19-42(36)46-43)27-10-9-11-28(24-27)30-21-23-35-34-14-3-7-18-40(34)44(41(35)26-30)38-16-5-1-12-32(38)33-13-2-6-17-39(33)44;32-31-27-18-21(16-17-23(27)24-6-1-4-11-29(24)34-31)19-12-14-20(15-13-19)22-8-5-9-26-25-7-2-3-10-28(25)33-30(22)26;32-31-27-18-21(13-15-23(27)24-5-1-3-7-28(24)33-31)19-9-11-20(12-10-19)22-14-16-30-26(17-22)25-6-2-4-8-29(25)34-30/h1-26H;2*1-18H. The monoisotopic (exact) mass is 1480 g/mol. The van der Waals surface area contributed by atoms with Crippen molar-refractivity contribution in [2.45, 2.75) is 5.41 Å². The third-order valence-electron chi connectivity index (χ3n) is 23.2. The van der Waals surface area contributed by atoms with E-state index >= 15 is 0 Å². The summed E-state index contributed by atoms with van der Waals surface area (Å²) in [7, 11) is 0. The average Bonchev–Trinajstić information content (AvgIpc) is 1.51. The molecule has 1 spiro atoms. The van der Waals surface area contributed by atoms with Crippen molar-refractivity contribution in [3.05, 3.63) is 430 Å². The third kappa shape index (κ3) is 10.7. The van der Waals surface area contributed by atoms with Crippen LogP contribution in [0.5, 0.6) is 0 Å². The van der Waals surface area contributed by atoms with Crippen LogP contribution < -0.4 is 16.9 Å². The summed E-state index contributed by atoms with van der Waals surface area (Å²) in [5.41, 5.74) is 25.8. The van der Waals surface area contributed by atoms with Crippen LogP contribution in [0.25, 0.3) is 196 Å². The highest BCUT2D eigenvalue weighted by molar-refractivity contribution is 7.25. The van der Waals surface area contributed by atoms with Gasteiger partial charge in [0.2, 0.25) is 0 Å². The van der Waals surface area contributed by atoms with Gasteiger partial charge in [0.25, 0.3) is 0 Å². The van der Waals surface area contributed by atoms with Gasteiger partial charge in [-0.25, -0.2) is 14.4 Å². The number of hydrogen-bond donors (Lipinski definition) is 0. The Bertz CT molecular complexity index is 7870. The highest BCUT2D eigenvalue weighted by Crippen LogP contribution is 2.63. The van der Waals surface area contributed by atoms with Crippen molar-refractivity contribution in [2.75, 3.05) is 0 Å². The largest absolute Gasteiger partial charge is 0.455 e. The maximum atomic E-state index is 13.0. The second kappa shape index (κ2) is 26.5. The van der Waals surface area contributed by atoms with Crippen LogP contribution in [-0.4, -0.2) is 0 Å². The van der Waals surface area contributed by atoms with Gasteiger partial charge in [-0.15, -0.1) is 11.3 Å². The fourth-order valence-electron chi connectivity index (χ4n) is 17.9. The van der Waals surface area contributed by atoms with Gasteiger partial charge in [-0.1, -0.05) is 303 Å². The van der Waals surface area contributed by atoms with Crippen molar-refractivity contribution < 1.29 is 17.7 Å². The molecule has 7 nitrogen and oxygen atoms in total. The third-order valence-corrected chi connectivity index (χ3v) is 24.4. The van der Waals surface area contributed by atoms with Gasteiger partial charge in [0, 0.05) is 52.7 Å². The number of rotatable bonds is 6. The fourth-order valence-corrected chi connectivity index (χ4v) is 19.0. The molecule has 2 aliphatic carbocycles. The van der Waals surface area contributed by atoms with Gasteiger partial charge in [0.1, 0.15) is 27.9 Å². The molecule has 24 rings (SSSR count). The summed E-state index contributed by atoms with van der Waals surface area (Å²) in [6, 6.07) is 130. The van der Waals surface area contributed by atoms with E-state index in [2.05, 4.69) is 249 Å². The van der Waals surface area contributed by atoms with E-state index in [1.54, 1.807) is 0 Å². The first-order valence-corrected chi connectivity index (χ1v) is 39.0. The van der Waals surface area contributed by atoms with E-state index in [0.29, 0.717) is 32.9 Å². The lowest BCUT2D eigenvalue weighted by Gasteiger charge is -2.30. The molecule has 0 bridgehead atoms. The molecule has 8 heteroatoms. The molecule has 0 aliphatic heterocycles. The van der Waals surface area contributed by atoms with Crippen molar-refractivity contribution in [1.82, 2.24) is 0 Å². The van der Waals surface area contributed by atoms with Crippen molar-refractivity contribution in [1.29, 1.82) is 0 Å². The van der Waals surface area contributed by atoms with E-state index < -0.39 is 0 Å². The topological polar surface area (TPSA) is 104 Å². The Hall–Kier alpha value is -14.8. The number of benzene rings is 17. The van der Waals surface area contributed by atoms with Crippen molar-refractivity contribution in [3.63, 3.8) is 0 Å². The van der Waals surface area contributed by atoms with Gasteiger partial charge in [-0.3, -0.25) is 0 Å². The Morgan fingerprint density at radius 2 is 0.500 bits per heavy atom. The Morgan fingerprint density at radius 1 is 0.184 bits per heavy atom. The van der Waals surface area contributed by atoms with Crippen LogP contribution in [0.2, 0.25) is 0 Å². The van der Waals surface area contributed by atoms with Crippen LogP contribution in [-0.2, 0) is 5.41 Å². The van der Waals surface area contributed by atoms with Crippen LogP contribution in [0.1, 0.15) is 22.3 Å². The van der Waals surface area contributed by atoms with E-state index in [1.165, 1.54) is 81.4 Å². The van der Waals surface area contributed by atoms with Gasteiger partial charge < -0.3 is 17.7 Å². The summed E-state index contributed by atoms with van der Waals surface area (Å²) in [5.74, 6) is 0. The van der Waals surface area contributed by atoms with Crippen LogP contribution in [0.4, 0.5) is 0 Å². The summed E-state index contributed by atoms with van der Waals surface area (Å²) in [5, 5.41) is 12.2. The molecular formula is C106H62O7S. The zero-order valence-corrected chi connectivity index (χ0v) is 61.9. The summed E-state index contributed by atoms with van der Waals surface area (Å²) >= 11 is 1.83. The highest BCUT2D eigenvalue weighted by atomic mass is 32.1. The minimum absolute atomic E-state index is 0.302. The van der Waals surface area contributed by atoms with Crippen LogP contribution >= 0.6 is 11.3 Å². The first-order chi connectivity index (χ1) is 56.2. The zero-order valence-electron chi connectivity index (χ0n) is 61.1. The lowest BCUT2D eigenvalue weighted by molar-refractivity contribution is 0.569. The number of fused-ring (bicyclic) bond motifs is 25. The average molecular weight is 1480 g/mol. The molecule has 22 aromatic rings. The Balaban J connectivity index is 0.000000106. The molecular weight excluding hydrogens is 1420 g/mol. The van der Waals surface area contributed by atoms with E-state index in [9.17, 15) is 14.4 Å². The van der Waals surface area contributed by atoms with Gasteiger partial charge >= 0.3 is 16.9 Å². The van der Waals surface area contributed by atoms with Gasteiger partial charge in [0.15, 0.2) is 0 Å². The summed E-state index contributed by atoms with van der Waals surface area (Å²) in [6.07, 6.45) is 0. The molecule has 0 atom stereocenters. The van der Waals surface area contributed by atoms with Crippen molar-refractivity contribution >= 4 is 119 Å². The smallest absolute Gasteiger partial charge is 0.344 e. The molecule has 0 radical (unpaired) electrons. The first kappa shape index (κ1) is 66.2. The van der Waals surface area contributed by atoms with Crippen molar-refractivity contribution in [3.8, 4) is 89.0 Å². The maximum Gasteiger partial charge on any atom is 0.344 e. The molecule has 0 N–H and O–H groups in total. The van der Waals surface area contributed by atoms with Crippen LogP contribution in [0.15, 0.2) is 408 Å². The summed E-state index contributed by atoms with van der Waals surface area (Å²) < 4.78 is 25.6. The maximum absolute atomic E-state index is 13.0. The van der Waals surface area contributed by atoms with Gasteiger partial charge in [0.05, 0.1) is 21.6 Å². The lowest BCUT2D eigenvalue weighted by atomic mass is 9.70. The van der Waals surface area contributed by atoms with E-state index in [-0.39, 0.29) is 22.3 Å². The van der Waals surface area contributed by atoms with Gasteiger partial charge in [-0.2, -0.15) is 0 Å². The first-order valence-electron chi connectivity index (χ1n) is 38.2. The van der Waals surface area contributed by atoms with Crippen LogP contribution in [0, 0.1) is 0 Å². The quantitative estimate of drug-likeness (QED) is 0.121.